The molecule has 0 aliphatic carbocycles. The van der Waals surface area contributed by atoms with Gasteiger partial charge in [-0.2, -0.15) is 0 Å². The highest BCUT2D eigenvalue weighted by Crippen LogP contribution is 2.34. The molecule has 2 aromatic carbocycles. The summed E-state index contributed by atoms with van der Waals surface area (Å²) in [7, 11) is 1.46. The third kappa shape index (κ3) is 2.38. The Morgan fingerprint density at radius 2 is 1.95 bits per heavy atom. The van der Waals surface area contributed by atoms with Crippen molar-refractivity contribution in [1.29, 1.82) is 0 Å². The topological polar surface area (TPSA) is 92.8 Å². The lowest BCUT2D eigenvalue weighted by Gasteiger charge is -2.20. The Balaban J connectivity index is 2.65. The van der Waals surface area contributed by atoms with E-state index in [1.807, 2.05) is 24.3 Å². The van der Waals surface area contributed by atoms with Crippen molar-refractivity contribution in [2.75, 3.05) is 7.11 Å². The van der Waals surface area contributed by atoms with Crippen molar-refractivity contribution in [3.05, 3.63) is 42.0 Å². The van der Waals surface area contributed by atoms with Crippen molar-refractivity contribution in [3.63, 3.8) is 0 Å². The Morgan fingerprint density at radius 3 is 2.58 bits per heavy atom. The number of aliphatic carboxylic acids is 1. The molecule has 100 valence electrons. The van der Waals surface area contributed by atoms with Gasteiger partial charge in [-0.05, 0) is 16.8 Å². The zero-order valence-corrected chi connectivity index (χ0v) is 10.4. The molecule has 0 aliphatic rings. The van der Waals surface area contributed by atoms with Crippen LogP contribution < -0.4 is 10.5 Å². The summed E-state index contributed by atoms with van der Waals surface area (Å²) in [6.45, 7) is 0. The summed E-state index contributed by atoms with van der Waals surface area (Å²) in [6.07, 6.45) is -1.33. The van der Waals surface area contributed by atoms with Crippen molar-refractivity contribution >= 4 is 16.7 Å². The van der Waals surface area contributed by atoms with E-state index in [0.29, 0.717) is 11.3 Å². The SMILES string of the molecule is COc1ccc2ccccc2c1C(O)C(N)C(=O)O. The molecule has 2 atom stereocenters. The molecule has 0 heterocycles. The van der Waals surface area contributed by atoms with Crippen LogP contribution in [0.4, 0.5) is 0 Å². The minimum Gasteiger partial charge on any atom is -0.496 e. The summed E-state index contributed by atoms with van der Waals surface area (Å²) < 4.78 is 5.20. The molecular weight excluding hydrogens is 246 g/mol. The van der Waals surface area contributed by atoms with Crippen LogP contribution in [0.25, 0.3) is 10.8 Å². The molecular formula is C14H15NO4. The van der Waals surface area contributed by atoms with Crippen molar-refractivity contribution in [1.82, 2.24) is 0 Å². The summed E-state index contributed by atoms with van der Waals surface area (Å²) in [5.74, 6) is -0.842. The van der Waals surface area contributed by atoms with E-state index in [-0.39, 0.29) is 0 Å². The lowest BCUT2D eigenvalue weighted by molar-refractivity contribution is -0.141. The number of hydrogen-bond acceptors (Lipinski definition) is 4. The van der Waals surface area contributed by atoms with Crippen LogP contribution in [0.15, 0.2) is 36.4 Å². The zero-order chi connectivity index (χ0) is 14.0. The summed E-state index contributed by atoms with van der Waals surface area (Å²) in [6, 6.07) is 9.47. The van der Waals surface area contributed by atoms with Gasteiger partial charge in [-0.25, -0.2) is 0 Å². The predicted molar refractivity (Wildman–Crippen MR) is 71.1 cm³/mol. The highest BCUT2D eigenvalue weighted by atomic mass is 16.5. The number of ether oxygens (including phenoxy) is 1. The fourth-order valence-electron chi connectivity index (χ4n) is 2.07. The van der Waals surface area contributed by atoms with Crippen LogP contribution in [0, 0.1) is 0 Å². The maximum atomic E-state index is 10.9. The van der Waals surface area contributed by atoms with Gasteiger partial charge in [0.15, 0.2) is 0 Å². The maximum absolute atomic E-state index is 10.9. The molecule has 0 spiro atoms. The summed E-state index contributed by atoms with van der Waals surface area (Å²) in [5, 5.41) is 20.7. The van der Waals surface area contributed by atoms with Gasteiger partial charge in [0, 0.05) is 5.56 Å². The summed E-state index contributed by atoms with van der Waals surface area (Å²) in [5.41, 5.74) is 5.90. The zero-order valence-electron chi connectivity index (χ0n) is 10.4. The third-order valence-electron chi connectivity index (χ3n) is 3.07. The van der Waals surface area contributed by atoms with Gasteiger partial charge < -0.3 is 20.7 Å². The van der Waals surface area contributed by atoms with E-state index in [4.69, 9.17) is 15.6 Å². The Hall–Kier alpha value is -2.11. The summed E-state index contributed by atoms with van der Waals surface area (Å²) in [4.78, 5) is 10.9. The second-order valence-corrected chi connectivity index (χ2v) is 4.21. The quantitative estimate of drug-likeness (QED) is 0.771. The fraction of sp³-hybridized carbons (Fsp3) is 0.214. The minimum absolute atomic E-state index is 0.399. The van der Waals surface area contributed by atoms with Gasteiger partial charge in [-0.1, -0.05) is 30.3 Å². The van der Waals surface area contributed by atoms with E-state index in [9.17, 15) is 9.90 Å². The number of aliphatic hydroxyl groups is 1. The highest BCUT2D eigenvalue weighted by Gasteiger charge is 2.27. The Kier molecular flexibility index (Phi) is 3.69. The monoisotopic (exact) mass is 261 g/mol. The van der Waals surface area contributed by atoms with Crippen molar-refractivity contribution in [3.8, 4) is 5.75 Å². The number of carbonyl (C=O) groups is 1. The van der Waals surface area contributed by atoms with Gasteiger partial charge >= 0.3 is 5.97 Å². The van der Waals surface area contributed by atoms with Crippen molar-refractivity contribution in [2.45, 2.75) is 12.1 Å². The van der Waals surface area contributed by atoms with Crippen LogP contribution in [0.5, 0.6) is 5.75 Å². The summed E-state index contributed by atoms with van der Waals surface area (Å²) >= 11 is 0. The Morgan fingerprint density at radius 1 is 1.26 bits per heavy atom. The number of rotatable bonds is 4. The second kappa shape index (κ2) is 5.26. The van der Waals surface area contributed by atoms with Crippen LogP contribution in [0.1, 0.15) is 11.7 Å². The smallest absolute Gasteiger partial charge is 0.323 e. The van der Waals surface area contributed by atoms with Crippen molar-refractivity contribution in [2.24, 2.45) is 5.73 Å². The van der Waals surface area contributed by atoms with Gasteiger partial charge in [-0.3, -0.25) is 4.79 Å². The molecule has 0 fully saturated rings. The third-order valence-corrected chi connectivity index (χ3v) is 3.07. The van der Waals surface area contributed by atoms with Crippen LogP contribution in [0.2, 0.25) is 0 Å². The van der Waals surface area contributed by atoms with E-state index in [0.717, 1.165) is 10.8 Å². The van der Waals surface area contributed by atoms with E-state index in [1.54, 1.807) is 12.1 Å². The van der Waals surface area contributed by atoms with Gasteiger partial charge in [0.2, 0.25) is 0 Å². The number of benzene rings is 2. The molecule has 2 aromatic rings. The van der Waals surface area contributed by atoms with E-state index in [2.05, 4.69) is 0 Å². The molecule has 0 amide bonds. The maximum Gasteiger partial charge on any atom is 0.323 e. The van der Waals surface area contributed by atoms with Crippen molar-refractivity contribution < 1.29 is 19.7 Å². The molecule has 19 heavy (non-hydrogen) atoms. The number of methoxy groups -OCH3 is 1. The first-order valence-corrected chi connectivity index (χ1v) is 5.78. The standard InChI is InChI=1S/C14H15NO4/c1-19-10-7-6-8-4-2-3-5-9(8)11(10)13(16)12(15)14(17)18/h2-7,12-13,16H,15H2,1H3,(H,17,18). The number of fused-ring (bicyclic) bond motifs is 1. The normalized spacial score (nSPS) is 14.1. The van der Waals surface area contributed by atoms with E-state index in [1.165, 1.54) is 7.11 Å². The molecule has 4 N–H and O–H groups in total. The molecule has 0 saturated heterocycles. The highest BCUT2D eigenvalue weighted by molar-refractivity contribution is 5.89. The Labute approximate surface area is 110 Å². The predicted octanol–water partition coefficient (Wildman–Crippen LogP) is 1.29. The number of carboxylic acid groups (broad SMARTS) is 1. The fourth-order valence-corrected chi connectivity index (χ4v) is 2.07. The van der Waals surface area contributed by atoms with E-state index >= 15 is 0 Å². The van der Waals surface area contributed by atoms with Crippen LogP contribution in [0.3, 0.4) is 0 Å². The molecule has 5 nitrogen and oxygen atoms in total. The second-order valence-electron chi connectivity index (χ2n) is 4.21. The molecule has 0 radical (unpaired) electrons. The molecule has 5 heteroatoms. The first kappa shape index (κ1) is 13.3. The lowest BCUT2D eigenvalue weighted by atomic mass is 9.95. The molecule has 0 saturated carbocycles. The average molecular weight is 261 g/mol. The lowest BCUT2D eigenvalue weighted by Crippen LogP contribution is -2.36. The molecule has 0 aromatic heterocycles. The first-order chi connectivity index (χ1) is 9.06. The van der Waals surface area contributed by atoms with Gasteiger partial charge in [0.1, 0.15) is 17.9 Å². The first-order valence-electron chi connectivity index (χ1n) is 5.78. The number of aliphatic hydroxyl groups excluding tert-OH is 1. The van der Waals surface area contributed by atoms with Gasteiger partial charge in [0.05, 0.1) is 7.11 Å². The van der Waals surface area contributed by atoms with Crippen LogP contribution in [-0.4, -0.2) is 29.3 Å². The van der Waals surface area contributed by atoms with Gasteiger partial charge in [-0.15, -0.1) is 0 Å². The average Bonchev–Trinajstić information content (AvgIpc) is 2.44. The number of hydrogen-bond donors (Lipinski definition) is 3. The van der Waals surface area contributed by atoms with Crippen LogP contribution in [-0.2, 0) is 4.79 Å². The van der Waals surface area contributed by atoms with E-state index < -0.39 is 18.1 Å². The molecule has 2 unspecified atom stereocenters. The molecule has 2 rings (SSSR count). The van der Waals surface area contributed by atoms with Crippen LogP contribution >= 0.6 is 0 Å². The number of nitrogens with two attached hydrogens (primary N) is 1. The minimum atomic E-state index is -1.40. The molecule has 0 bridgehead atoms. The Bertz CT molecular complexity index is 611. The largest absolute Gasteiger partial charge is 0.496 e. The number of carboxylic acids is 1. The van der Waals surface area contributed by atoms with Gasteiger partial charge in [0.25, 0.3) is 0 Å². The molecule has 0 aliphatic heterocycles.